The molecule has 0 spiro atoms. The van der Waals surface area contributed by atoms with Crippen molar-refractivity contribution in [2.45, 2.75) is 19.3 Å². The van der Waals surface area contributed by atoms with Crippen LogP contribution in [-0.4, -0.2) is 6.29 Å². The molecule has 2 rings (SSSR count). The van der Waals surface area contributed by atoms with Gasteiger partial charge in [-0.3, -0.25) is 4.79 Å². The third-order valence-electron chi connectivity index (χ3n) is 2.78. The lowest BCUT2D eigenvalue weighted by atomic mass is 10.0. The fourth-order valence-electron chi connectivity index (χ4n) is 1.90. The van der Waals surface area contributed by atoms with E-state index in [1.165, 1.54) is 16.7 Å². The predicted molar refractivity (Wildman–Crippen MR) is 70.5 cm³/mol. The first-order valence-corrected chi connectivity index (χ1v) is 5.89. The molecule has 1 nitrogen and oxygen atoms in total. The summed E-state index contributed by atoms with van der Waals surface area (Å²) in [5.74, 6) is 0. The fraction of sp³-hybridized carbons (Fsp3) is 0.188. The fourth-order valence-corrected chi connectivity index (χ4v) is 1.90. The number of hydrogen-bond acceptors (Lipinski definition) is 1. The Bertz CT molecular complexity index is 474. The Morgan fingerprint density at radius 1 is 0.882 bits per heavy atom. The van der Waals surface area contributed by atoms with E-state index in [9.17, 15) is 4.79 Å². The Balaban J connectivity index is 2.14. The topological polar surface area (TPSA) is 17.1 Å². The molecule has 0 amide bonds. The molecule has 0 unspecified atom stereocenters. The average molecular weight is 223 g/mol. The SMILES string of the molecule is O=[C]CCCc1cccc(-c2ccccc2)c1. The quantitative estimate of drug-likeness (QED) is 0.705. The van der Waals surface area contributed by atoms with Crippen LogP contribution in [0.25, 0.3) is 11.1 Å². The molecule has 1 radical (unpaired) electrons. The Labute approximate surface area is 102 Å². The Hall–Kier alpha value is -1.89. The van der Waals surface area contributed by atoms with E-state index in [4.69, 9.17) is 0 Å². The molecule has 0 aromatic heterocycles. The Kier molecular flexibility index (Phi) is 4.09. The number of unbranched alkanes of at least 4 members (excludes halogenated alkanes) is 1. The zero-order valence-electron chi connectivity index (χ0n) is 9.73. The van der Waals surface area contributed by atoms with Crippen molar-refractivity contribution >= 4 is 6.29 Å². The highest BCUT2D eigenvalue weighted by atomic mass is 16.1. The van der Waals surface area contributed by atoms with E-state index in [1.54, 1.807) is 0 Å². The molecule has 0 aliphatic rings. The molecule has 2 aromatic carbocycles. The van der Waals surface area contributed by atoms with E-state index in [1.807, 2.05) is 24.5 Å². The minimum atomic E-state index is 0.523. The van der Waals surface area contributed by atoms with Crippen molar-refractivity contribution in [2.24, 2.45) is 0 Å². The van der Waals surface area contributed by atoms with Crippen LogP contribution in [0.3, 0.4) is 0 Å². The lowest BCUT2D eigenvalue weighted by molar-refractivity contribution is 0.548. The predicted octanol–water partition coefficient (Wildman–Crippen LogP) is 3.79. The summed E-state index contributed by atoms with van der Waals surface area (Å²) in [5.41, 5.74) is 3.75. The van der Waals surface area contributed by atoms with Crippen LogP contribution in [0.4, 0.5) is 0 Å². The van der Waals surface area contributed by atoms with Gasteiger partial charge in [-0.05, 0) is 29.5 Å². The van der Waals surface area contributed by atoms with Gasteiger partial charge in [0.05, 0.1) is 0 Å². The molecule has 0 heterocycles. The van der Waals surface area contributed by atoms with Crippen molar-refractivity contribution in [3.63, 3.8) is 0 Å². The summed E-state index contributed by atoms with van der Waals surface area (Å²) in [4.78, 5) is 10.2. The molecule has 17 heavy (non-hydrogen) atoms. The molecule has 0 fully saturated rings. The molecule has 0 aliphatic carbocycles. The van der Waals surface area contributed by atoms with Gasteiger partial charge < -0.3 is 0 Å². The van der Waals surface area contributed by atoms with Crippen molar-refractivity contribution in [1.29, 1.82) is 0 Å². The summed E-state index contributed by atoms with van der Waals surface area (Å²) in [6.45, 7) is 0. The lowest BCUT2D eigenvalue weighted by Gasteiger charge is -2.04. The number of aryl methyl sites for hydroxylation is 1. The van der Waals surface area contributed by atoms with Gasteiger partial charge in [-0.25, -0.2) is 0 Å². The maximum absolute atomic E-state index is 10.2. The number of benzene rings is 2. The van der Waals surface area contributed by atoms with E-state index < -0.39 is 0 Å². The van der Waals surface area contributed by atoms with Gasteiger partial charge in [-0.2, -0.15) is 0 Å². The monoisotopic (exact) mass is 223 g/mol. The van der Waals surface area contributed by atoms with E-state index in [0.717, 1.165) is 12.8 Å². The largest absolute Gasteiger partial charge is 0.291 e. The average Bonchev–Trinajstić information content (AvgIpc) is 2.41. The summed E-state index contributed by atoms with van der Waals surface area (Å²) < 4.78 is 0. The van der Waals surface area contributed by atoms with E-state index in [0.29, 0.717) is 6.42 Å². The maximum Gasteiger partial charge on any atom is 0.198 e. The zero-order chi connectivity index (χ0) is 11.9. The van der Waals surface area contributed by atoms with Crippen LogP contribution in [0.1, 0.15) is 18.4 Å². The second kappa shape index (κ2) is 6.00. The molecule has 0 atom stereocenters. The van der Waals surface area contributed by atoms with E-state index >= 15 is 0 Å². The smallest absolute Gasteiger partial charge is 0.198 e. The molecule has 0 aliphatic heterocycles. The molecule has 2 aromatic rings. The summed E-state index contributed by atoms with van der Waals surface area (Å²) in [5, 5.41) is 0. The third-order valence-corrected chi connectivity index (χ3v) is 2.78. The van der Waals surface area contributed by atoms with Crippen molar-refractivity contribution in [3.8, 4) is 11.1 Å². The first kappa shape index (κ1) is 11.6. The highest BCUT2D eigenvalue weighted by Gasteiger charge is 1.98. The summed E-state index contributed by atoms with van der Waals surface area (Å²) in [6.07, 6.45) is 4.27. The molecule has 0 saturated heterocycles. The highest BCUT2D eigenvalue weighted by molar-refractivity contribution is 5.63. The van der Waals surface area contributed by atoms with Crippen LogP contribution in [0.2, 0.25) is 0 Å². The van der Waals surface area contributed by atoms with Crippen molar-refractivity contribution in [1.82, 2.24) is 0 Å². The van der Waals surface area contributed by atoms with Crippen LogP contribution in [0.5, 0.6) is 0 Å². The highest BCUT2D eigenvalue weighted by Crippen LogP contribution is 2.20. The Morgan fingerprint density at radius 3 is 2.41 bits per heavy atom. The minimum Gasteiger partial charge on any atom is -0.291 e. The number of carbonyl (C=O) groups excluding carboxylic acids is 1. The van der Waals surface area contributed by atoms with Crippen molar-refractivity contribution < 1.29 is 4.79 Å². The number of rotatable bonds is 5. The van der Waals surface area contributed by atoms with Gasteiger partial charge in [0.1, 0.15) is 0 Å². The standard InChI is InChI=1S/C16H15O/c17-12-5-4-7-14-8-6-11-16(13-14)15-9-2-1-3-10-15/h1-3,6,8-11,13H,4-5,7H2. The van der Waals surface area contributed by atoms with Crippen molar-refractivity contribution in [2.75, 3.05) is 0 Å². The Morgan fingerprint density at radius 2 is 1.65 bits per heavy atom. The summed E-state index contributed by atoms with van der Waals surface area (Å²) in [7, 11) is 0. The summed E-state index contributed by atoms with van der Waals surface area (Å²) >= 11 is 0. The van der Waals surface area contributed by atoms with Crippen LogP contribution >= 0.6 is 0 Å². The lowest BCUT2D eigenvalue weighted by Crippen LogP contribution is -1.87. The molecular formula is C16H15O. The first-order chi connectivity index (χ1) is 8.40. The minimum absolute atomic E-state index is 0.523. The molecule has 1 heteroatoms. The van der Waals surface area contributed by atoms with Crippen LogP contribution in [0, 0.1) is 0 Å². The van der Waals surface area contributed by atoms with E-state index in [-0.39, 0.29) is 0 Å². The van der Waals surface area contributed by atoms with E-state index in [2.05, 4.69) is 36.4 Å². The third kappa shape index (κ3) is 3.28. The van der Waals surface area contributed by atoms with Crippen molar-refractivity contribution in [3.05, 3.63) is 60.2 Å². The molecule has 0 saturated carbocycles. The maximum atomic E-state index is 10.2. The second-order valence-corrected chi connectivity index (χ2v) is 4.06. The molecule has 0 N–H and O–H groups in total. The first-order valence-electron chi connectivity index (χ1n) is 5.89. The van der Waals surface area contributed by atoms with Gasteiger partial charge in [0.2, 0.25) is 0 Å². The van der Waals surface area contributed by atoms with Gasteiger partial charge in [-0.1, -0.05) is 54.6 Å². The molecular weight excluding hydrogens is 208 g/mol. The zero-order valence-corrected chi connectivity index (χ0v) is 9.73. The van der Waals surface area contributed by atoms with Gasteiger partial charge in [0, 0.05) is 6.42 Å². The van der Waals surface area contributed by atoms with Gasteiger partial charge >= 0.3 is 0 Å². The normalized spacial score (nSPS) is 10.1. The second-order valence-electron chi connectivity index (χ2n) is 4.06. The summed E-state index contributed by atoms with van der Waals surface area (Å²) in [6, 6.07) is 18.8. The van der Waals surface area contributed by atoms with Gasteiger partial charge in [-0.15, -0.1) is 0 Å². The van der Waals surface area contributed by atoms with Gasteiger partial charge in [0.25, 0.3) is 0 Å². The van der Waals surface area contributed by atoms with Crippen LogP contribution in [-0.2, 0) is 11.2 Å². The van der Waals surface area contributed by atoms with Crippen LogP contribution < -0.4 is 0 Å². The molecule has 85 valence electrons. The van der Waals surface area contributed by atoms with Crippen LogP contribution in [0.15, 0.2) is 54.6 Å². The number of hydrogen-bond donors (Lipinski definition) is 0. The van der Waals surface area contributed by atoms with Gasteiger partial charge in [0.15, 0.2) is 6.29 Å². The molecule has 0 bridgehead atoms.